The molecule has 0 aliphatic rings. The van der Waals surface area contributed by atoms with Crippen molar-refractivity contribution in [3.63, 3.8) is 0 Å². The average Bonchev–Trinajstić information content (AvgIpc) is 2.44. The molecule has 0 saturated carbocycles. The topological polar surface area (TPSA) is 75.6 Å². The minimum Gasteiger partial charge on any atom is -0.481 e. The molecule has 2 atom stereocenters. The van der Waals surface area contributed by atoms with E-state index in [0.29, 0.717) is 17.2 Å². The van der Waals surface area contributed by atoms with Crippen LogP contribution >= 0.6 is 0 Å². The molecule has 122 valence electrons. The maximum Gasteiger partial charge on any atom is 0.341 e. The predicted octanol–water partition coefficient (Wildman–Crippen LogP) is 2.93. The highest BCUT2D eigenvalue weighted by Gasteiger charge is 2.16. The number of carboxylic acid groups (broad SMARTS) is 1. The number of benzene rings is 1. The van der Waals surface area contributed by atoms with E-state index < -0.39 is 12.6 Å². The summed E-state index contributed by atoms with van der Waals surface area (Å²) >= 11 is 0. The third kappa shape index (κ3) is 4.76. The van der Waals surface area contributed by atoms with Crippen LogP contribution in [0, 0.1) is 19.8 Å². The molecule has 0 fully saturated rings. The van der Waals surface area contributed by atoms with Crippen LogP contribution in [0.4, 0.5) is 0 Å². The van der Waals surface area contributed by atoms with Crippen LogP contribution < -0.4 is 10.1 Å². The van der Waals surface area contributed by atoms with Gasteiger partial charge in [-0.05, 0) is 49.9 Å². The smallest absolute Gasteiger partial charge is 0.341 e. The summed E-state index contributed by atoms with van der Waals surface area (Å²) < 4.78 is 5.27. The zero-order valence-electron chi connectivity index (χ0n) is 13.9. The molecule has 0 aromatic heterocycles. The molecule has 22 heavy (non-hydrogen) atoms. The largest absolute Gasteiger partial charge is 0.481 e. The first-order valence-corrected chi connectivity index (χ1v) is 7.52. The highest BCUT2D eigenvalue weighted by atomic mass is 16.5. The van der Waals surface area contributed by atoms with Crippen molar-refractivity contribution in [2.45, 2.75) is 47.1 Å². The molecule has 1 aromatic rings. The Hall–Kier alpha value is -2.04. The molecule has 0 aliphatic heterocycles. The van der Waals surface area contributed by atoms with Crippen LogP contribution in [0.3, 0.4) is 0 Å². The van der Waals surface area contributed by atoms with Crippen LogP contribution in [0.5, 0.6) is 5.75 Å². The summed E-state index contributed by atoms with van der Waals surface area (Å²) in [6.07, 6.45) is 1.00. The van der Waals surface area contributed by atoms with Crippen LogP contribution in [0.25, 0.3) is 0 Å². The normalized spacial score (nSPS) is 13.3. The summed E-state index contributed by atoms with van der Waals surface area (Å²) in [5, 5.41) is 11.7. The first-order chi connectivity index (χ1) is 10.3. The lowest BCUT2D eigenvalue weighted by Gasteiger charge is -2.20. The van der Waals surface area contributed by atoms with Gasteiger partial charge in [-0.2, -0.15) is 0 Å². The number of rotatable bonds is 7. The molecule has 5 heteroatoms. The first kappa shape index (κ1) is 18.0. The Bertz CT molecular complexity index is 531. The SMILES string of the molecule is CCC(C)C(C)NC(=O)c1cc(C)c(OCC(=O)O)c(C)c1. The van der Waals surface area contributed by atoms with Gasteiger partial charge in [-0.25, -0.2) is 4.79 Å². The van der Waals surface area contributed by atoms with E-state index in [1.165, 1.54) is 0 Å². The molecular weight excluding hydrogens is 282 g/mol. The molecule has 1 rings (SSSR count). The minimum absolute atomic E-state index is 0.0982. The number of carbonyl (C=O) groups excluding carboxylic acids is 1. The zero-order valence-corrected chi connectivity index (χ0v) is 13.9. The standard InChI is InChI=1S/C17H25NO4/c1-6-10(2)13(5)18-17(21)14-7-11(3)16(12(4)8-14)22-9-15(19)20/h7-8,10,13H,6,9H2,1-5H3,(H,18,21)(H,19,20). The van der Waals surface area contributed by atoms with Crippen molar-refractivity contribution in [1.29, 1.82) is 0 Å². The predicted molar refractivity (Wildman–Crippen MR) is 85.4 cm³/mol. The maximum absolute atomic E-state index is 12.3. The van der Waals surface area contributed by atoms with Gasteiger partial charge in [-0.3, -0.25) is 4.79 Å². The summed E-state index contributed by atoms with van der Waals surface area (Å²) in [7, 11) is 0. The first-order valence-electron chi connectivity index (χ1n) is 7.52. The molecule has 0 heterocycles. The van der Waals surface area contributed by atoms with Crippen molar-refractivity contribution in [1.82, 2.24) is 5.32 Å². The second-order valence-corrected chi connectivity index (χ2v) is 5.77. The molecule has 0 spiro atoms. The van der Waals surface area contributed by atoms with Gasteiger partial charge in [-0.1, -0.05) is 20.3 Å². The number of carbonyl (C=O) groups is 2. The van der Waals surface area contributed by atoms with E-state index in [9.17, 15) is 9.59 Å². The quantitative estimate of drug-likeness (QED) is 0.812. The van der Waals surface area contributed by atoms with Gasteiger partial charge in [0.05, 0.1) is 0 Å². The number of hydrogen-bond acceptors (Lipinski definition) is 3. The molecule has 5 nitrogen and oxygen atoms in total. The van der Waals surface area contributed by atoms with E-state index in [1.807, 2.05) is 6.92 Å². The zero-order chi connectivity index (χ0) is 16.9. The Morgan fingerprint density at radius 1 is 1.23 bits per heavy atom. The summed E-state index contributed by atoms with van der Waals surface area (Å²) in [6.45, 7) is 9.41. The van der Waals surface area contributed by atoms with Gasteiger partial charge in [-0.15, -0.1) is 0 Å². The number of hydrogen-bond donors (Lipinski definition) is 2. The fourth-order valence-electron chi connectivity index (χ4n) is 2.23. The highest BCUT2D eigenvalue weighted by Crippen LogP contribution is 2.25. The van der Waals surface area contributed by atoms with Gasteiger partial charge >= 0.3 is 5.97 Å². The van der Waals surface area contributed by atoms with Crippen LogP contribution in [-0.4, -0.2) is 29.6 Å². The van der Waals surface area contributed by atoms with E-state index in [0.717, 1.165) is 17.5 Å². The van der Waals surface area contributed by atoms with Crippen LogP contribution in [0.15, 0.2) is 12.1 Å². The molecule has 0 bridgehead atoms. The lowest BCUT2D eigenvalue weighted by atomic mass is 10.00. The second kappa shape index (κ2) is 7.82. The molecule has 2 N–H and O–H groups in total. The molecule has 0 saturated heterocycles. The van der Waals surface area contributed by atoms with E-state index >= 15 is 0 Å². The van der Waals surface area contributed by atoms with Gasteiger partial charge in [0, 0.05) is 11.6 Å². The number of ether oxygens (including phenoxy) is 1. The lowest BCUT2D eigenvalue weighted by Crippen LogP contribution is -2.36. The number of aryl methyl sites for hydroxylation is 2. The Kier molecular flexibility index (Phi) is 6.40. The van der Waals surface area contributed by atoms with Gasteiger partial charge in [0.1, 0.15) is 5.75 Å². The molecule has 0 radical (unpaired) electrons. The molecule has 0 aliphatic carbocycles. The van der Waals surface area contributed by atoms with Crippen LogP contribution in [0.2, 0.25) is 0 Å². The van der Waals surface area contributed by atoms with E-state index in [2.05, 4.69) is 19.2 Å². The van der Waals surface area contributed by atoms with Crippen LogP contribution in [0.1, 0.15) is 48.7 Å². The minimum atomic E-state index is -1.03. The summed E-state index contributed by atoms with van der Waals surface area (Å²) in [6, 6.07) is 3.55. The van der Waals surface area contributed by atoms with Gasteiger partial charge < -0.3 is 15.2 Å². The molecule has 2 unspecified atom stereocenters. The van der Waals surface area contributed by atoms with Gasteiger partial charge in [0.15, 0.2) is 6.61 Å². The molecule has 1 amide bonds. The number of aliphatic carboxylic acids is 1. The van der Waals surface area contributed by atoms with E-state index in [1.54, 1.807) is 26.0 Å². The maximum atomic E-state index is 12.3. The Labute approximate surface area is 131 Å². The van der Waals surface area contributed by atoms with Crippen molar-refractivity contribution in [2.75, 3.05) is 6.61 Å². The second-order valence-electron chi connectivity index (χ2n) is 5.77. The fourth-order valence-corrected chi connectivity index (χ4v) is 2.23. The van der Waals surface area contributed by atoms with Crippen molar-refractivity contribution < 1.29 is 19.4 Å². The van der Waals surface area contributed by atoms with Crippen molar-refractivity contribution >= 4 is 11.9 Å². The summed E-state index contributed by atoms with van der Waals surface area (Å²) in [5.74, 6) is -0.218. The summed E-state index contributed by atoms with van der Waals surface area (Å²) in [5.41, 5.74) is 2.07. The van der Waals surface area contributed by atoms with E-state index in [4.69, 9.17) is 9.84 Å². The third-order valence-corrected chi connectivity index (χ3v) is 3.92. The van der Waals surface area contributed by atoms with Gasteiger partial charge in [0.2, 0.25) is 0 Å². The number of nitrogens with one attached hydrogen (secondary N) is 1. The third-order valence-electron chi connectivity index (χ3n) is 3.92. The van der Waals surface area contributed by atoms with Crippen molar-refractivity contribution in [3.8, 4) is 5.75 Å². The van der Waals surface area contributed by atoms with Crippen LogP contribution in [-0.2, 0) is 4.79 Å². The van der Waals surface area contributed by atoms with Crippen molar-refractivity contribution in [2.24, 2.45) is 5.92 Å². The average molecular weight is 307 g/mol. The highest BCUT2D eigenvalue weighted by molar-refractivity contribution is 5.95. The monoisotopic (exact) mass is 307 g/mol. The fraction of sp³-hybridized carbons (Fsp3) is 0.529. The lowest BCUT2D eigenvalue weighted by molar-refractivity contribution is -0.139. The molecular formula is C17H25NO4. The van der Waals surface area contributed by atoms with E-state index in [-0.39, 0.29) is 11.9 Å². The molecule has 1 aromatic carbocycles. The Morgan fingerprint density at radius 3 is 2.23 bits per heavy atom. The summed E-state index contributed by atoms with van der Waals surface area (Å²) in [4.78, 5) is 22.9. The Morgan fingerprint density at radius 2 is 1.77 bits per heavy atom. The number of amides is 1. The number of carboxylic acids is 1. The Balaban J connectivity index is 2.89. The van der Waals surface area contributed by atoms with Gasteiger partial charge in [0.25, 0.3) is 5.91 Å². The van der Waals surface area contributed by atoms with Crippen molar-refractivity contribution in [3.05, 3.63) is 28.8 Å².